The average molecular weight is 411 g/mol. The van der Waals surface area contributed by atoms with Gasteiger partial charge in [0.15, 0.2) is 0 Å². The molecule has 1 unspecified atom stereocenters. The fourth-order valence-corrected chi connectivity index (χ4v) is 3.88. The molecule has 2 heterocycles. The van der Waals surface area contributed by atoms with Crippen LogP contribution in [0.2, 0.25) is 0 Å². The number of aromatic nitrogens is 2. The van der Waals surface area contributed by atoms with Crippen LogP contribution in [0.5, 0.6) is 0 Å². The molecule has 1 atom stereocenters. The molecule has 9 heteroatoms. The van der Waals surface area contributed by atoms with E-state index in [0.29, 0.717) is 23.7 Å². The zero-order chi connectivity index (χ0) is 17.3. The molecule has 0 spiro atoms. The Balaban J connectivity index is 1.77. The average Bonchev–Trinajstić information content (AvgIpc) is 3.19. The molecule has 1 aliphatic rings. The summed E-state index contributed by atoms with van der Waals surface area (Å²) in [5, 5.41) is 20.8. The summed E-state index contributed by atoms with van der Waals surface area (Å²) in [6.45, 7) is 2.38. The zero-order valence-corrected chi connectivity index (χ0v) is 15.2. The Labute approximate surface area is 150 Å². The largest absolute Gasteiger partial charge is 0.465 e. The van der Waals surface area contributed by atoms with Gasteiger partial charge in [-0.1, -0.05) is 33.3 Å². The molecular formula is C15H15BrN4O3S. The number of benzene rings is 1. The summed E-state index contributed by atoms with van der Waals surface area (Å²) in [7, 11) is 0. The minimum atomic E-state index is -0.969. The highest BCUT2D eigenvalue weighted by Gasteiger charge is 2.33. The van der Waals surface area contributed by atoms with Crippen molar-refractivity contribution in [3.8, 4) is 0 Å². The van der Waals surface area contributed by atoms with Crippen LogP contribution in [-0.4, -0.2) is 38.7 Å². The normalized spacial score (nSPS) is 17.1. The number of nitrogens with zero attached hydrogens (tertiary/aromatic N) is 3. The molecular weight excluding hydrogens is 396 g/mol. The number of rotatable bonds is 3. The summed E-state index contributed by atoms with van der Waals surface area (Å²) in [6.07, 6.45) is 0.520. The zero-order valence-electron chi connectivity index (χ0n) is 12.8. The van der Waals surface area contributed by atoms with Gasteiger partial charge in [-0.25, -0.2) is 4.79 Å². The molecule has 2 amide bonds. The van der Waals surface area contributed by atoms with E-state index in [2.05, 4.69) is 31.4 Å². The summed E-state index contributed by atoms with van der Waals surface area (Å²) in [5.41, 5.74) is 1.61. The molecule has 2 N–H and O–H groups in total. The number of carboxylic acid groups (broad SMARTS) is 1. The summed E-state index contributed by atoms with van der Waals surface area (Å²) < 4.78 is 0.904. The first-order valence-electron chi connectivity index (χ1n) is 7.37. The maximum Gasteiger partial charge on any atom is 0.407 e. The standard InChI is InChI=1S/C15H15BrN4O3S/c1-8-9(16)4-2-5-10(8)17-12(21)14-19-18-13(24-14)11-6-3-7-20(11)15(22)23/h2,4-5,11H,3,6-7H2,1H3,(H,17,21)(H,22,23). The second-order valence-corrected chi connectivity index (χ2v) is 7.31. The highest BCUT2D eigenvalue weighted by molar-refractivity contribution is 9.10. The third-order valence-corrected chi connectivity index (χ3v) is 5.82. The van der Waals surface area contributed by atoms with Gasteiger partial charge in [0.2, 0.25) is 5.01 Å². The summed E-state index contributed by atoms with van der Waals surface area (Å²) in [6, 6.07) is 5.23. The lowest BCUT2D eigenvalue weighted by Gasteiger charge is -2.18. The maximum atomic E-state index is 12.4. The van der Waals surface area contributed by atoms with Crippen LogP contribution >= 0.6 is 27.3 Å². The number of halogens is 1. The lowest BCUT2D eigenvalue weighted by molar-refractivity contribution is 0.102. The van der Waals surface area contributed by atoms with Gasteiger partial charge in [0.05, 0.1) is 6.04 Å². The van der Waals surface area contributed by atoms with Crippen LogP contribution in [-0.2, 0) is 0 Å². The number of carbonyl (C=O) groups is 2. The molecule has 2 aromatic rings. The Hall–Kier alpha value is -2.00. The molecule has 0 aliphatic carbocycles. The van der Waals surface area contributed by atoms with Gasteiger partial charge in [0.1, 0.15) is 5.01 Å². The van der Waals surface area contributed by atoms with Crippen LogP contribution in [0, 0.1) is 6.92 Å². The molecule has 1 aromatic heterocycles. The van der Waals surface area contributed by atoms with E-state index in [1.807, 2.05) is 25.1 Å². The van der Waals surface area contributed by atoms with Crippen molar-refractivity contribution in [3.05, 3.63) is 38.3 Å². The second-order valence-electron chi connectivity index (χ2n) is 5.45. The first kappa shape index (κ1) is 16.8. The van der Waals surface area contributed by atoms with Crippen LogP contribution in [0.3, 0.4) is 0 Å². The maximum absolute atomic E-state index is 12.4. The molecule has 126 valence electrons. The fourth-order valence-electron chi connectivity index (χ4n) is 2.63. The minimum Gasteiger partial charge on any atom is -0.465 e. The van der Waals surface area contributed by atoms with Crippen LogP contribution in [0.15, 0.2) is 22.7 Å². The Morgan fingerprint density at radius 2 is 2.21 bits per heavy atom. The first-order valence-corrected chi connectivity index (χ1v) is 8.97. The molecule has 0 saturated carbocycles. The van der Waals surface area contributed by atoms with Gasteiger partial charge in [-0.15, -0.1) is 10.2 Å². The number of amides is 2. The second kappa shape index (κ2) is 6.86. The van der Waals surface area contributed by atoms with E-state index in [1.165, 1.54) is 4.90 Å². The molecule has 1 aliphatic heterocycles. The van der Waals surface area contributed by atoms with Crippen molar-refractivity contribution in [1.29, 1.82) is 0 Å². The quantitative estimate of drug-likeness (QED) is 0.804. The number of likely N-dealkylation sites (tertiary alicyclic amines) is 1. The topological polar surface area (TPSA) is 95.4 Å². The van der Waals surface area contributed by atoms with Crippen LogP contribution in [0.1, 0.15) is 39.3 Å². The molecule has 7 nitrogen and oxygen atoms in total. The van der Waals surface area contributed by atoms with E-state index >= 15 is 0 Å². The lowest BCUT2D eigenvalue weighted by Crippen LogP contribution is -2.28. The van der Waals surface area contributed by atoms with Gasteiger partial charge in [-0.2, -0.15) is 0 Å². The van der Waals surface area contributed by atoms with E-state index in [-0.39, 0.29) is 17.0 Å². The van der Waals surface area contributed by atoms with Crippen LogP contribution < -0.4 is 5.32 Å². The number of hydrogen-bond acceptors (Lipinski definition) is 5. The van der Waals surface area contributed by atoms with E-state index in [0.717, 1.165) is 27.8 Å². The third kappa shape index (κ3) is 3.27. The fraction of sp³-hybridized carbons (Fsp3) is 0.333. The van der Waals surface area contributed by atoms with Crippen LogP contribution in [0.4, 0.5) is 10.5 Å². The highest BCUT2D eigenvalue weighted by atomic mass is 79.9. The van der Waals surface area contributed by atoms with Gasteiger partial charge in [-0.3, -0.25) is 9.69 Å². The van der Waals surface area contributed by atoms with Crippen molar-refractivity contribution in [2.24, 2.45) is 0 Å². The smallest absolute Gasteiger partial charge is 0.407 e. The Kier molecular flexibility index (Phi) is 4.81. The summed E-state index contributed by atoms with van der Waals surface area (Å²) in [4.78, 5) is 25.0. The minimum absolute atomic E-state index is 0.224. The monoisotopic (exact) mass is 410 g/mol. The van der Waals surface area contributed by atoms with E-state index in [4.69, 9.17) is 0 Å². The number of anilines is 1. The Morgan fingerprint density at radius 3 is 2.96 bits per heavy atom. The van der Waals surface area contributed by atoms with Gasteiger partial charge in [0.25, 0.3) is 5.91 Å². The summed E-state index contributed by atoms with van der Waals surface area (Å²) >= 11 is 4.56. The van der Waals surface area contributed by atoms with Crippen molar-refractivity contribution >= 4 is 45.0 Å². The van der Waals surface area contributed by atoms with E-state index < -0.39 is 6.09 Å². The van der Waals surface area contributed by atoms with Crippen molar-refractivity contribution in [1.82, 2.24) is 15.1 Å². The molecule has 3 rings (SSSR count). The van der Waals surface area contributed by atoms with Gasteiger partial charge >= 0.3 is 6.09 Å². The number of nitrogens with one attached hydrogen (secondary N) is 1. The van der Waals surface area contributed by atoms with E-state index in [9.17, 15) is 14.7 Å². The predicted molar refractivity (Wildman–Crippen MR) is 93.4 cm³/mol. The molecule has 0 radical (unpaired) electrons. The number of carbonyl (C=O) groups excluding carboxylic acids is 1. The van der Waals surface area contributed by atoms with Crippen LogP contribution in [0.25, 0.3) is 0 Å². The third-order valence-electron chi connectivity index (χ3n) is 3.93. The molecule has 1 aromatic carbocycles. The predicted octanol–water partition coefficient (Wildman–Crippen LogP) is 3.68. The van der Waals surface area contributed by atoms with Crippen molar-refractivity contribution in [2.75, 3.05) is 11.9 Å². The SMILES string of the molecule is Cc1c(Br)cccc1NC(=O)c1nnc(C2CCCN2C(=O)O)s1. The molecule has 0 bridgehead atoms. The summed E-state index contributed by atoms with van der Waals surface area (Å²) in [5.74, 6) is -0.347. The van der Waals surface area contributed by atoms with E-state index in [1.54, 1.807) is 0 Å². The first-order chi connectivity index (χ1) is 11.5. The highest BCUT2D eigenvalue weighted by Crippen LogP contribution is 2.33. The Bertz CT molecular complexity index is 795. The molecule has 24 heavy (non-hydrogen) atoms. The van der Waals surface area contributed by atoms with Gasteiger partial charge in [-0.05, 0) is 37.5 Å². The van der Waals surface area contributed by atoms with Crippen molar-refractivity contribution in [2.45, 2.75) is 25.8 Å². The molecule has 1 fully saturated rings. The Morgan fingerprint density at radius 1 is 1.42 bits per heavy atom. The van der Waals surface area contributed by atoms with Crippen molar-refractivity contribution < 1.29 is 14.7 Å². The van der Waals surface area contributed by atoms with Crippen molar-refractivity contribution in [3.63, 3.8) is 0 Å². The lowest BCUT2D eigenvalue weighted by atomic mass is 10.2. The molecule has 1 saturated heterocycles. The van der Waals surface area contributed by atoms with Gasteiger partial charge in [0, 0.05) is 16.7 Å². The number of hydrogen-bond donors (Lipinski definition) is 2. The van der Waals surface area contributed by atoms with Gasteiger partial charge < -0.3 is 10.4 Å².